The third kappa shape index (κ3) is 3.13. The van der Waals surface area contributed by atoms with Gasteiger partial charge in [-0.25, -0.2) is 4.68 Å². The molecule has 2 aromatic rings. The Balaban J connectivity index is 2.12. The van der Waals surface area contributed by atoms with Crippen LogP contribution in [0.15, 0.2) is 28.8 Å². The minimum Gasteiger partial charge on any atom is -0.384 e. The van der Waals surface area contributed by atoms with Crippen LogP contribution in [-0.2, 0) is 6.54 Å². The summed E-state index contributed by atoms with van der Waals surface area (Å²) in [6, 6.07) is 1.57. The Labute approximate surface area is 103 Å². The molecule has 5 nitrogen and oxygen atoms in total. The minimum atomic E-state index is -0.0977. The second-order valence-corrected chi connectivity index (χ2v) is 4.61. The molecular formula is C11H14N4OS. The maximum absolute atomic E-state index is 11.8. The Kier molecular flexibility index (Phi) is 3.87. The van der Waals surface area contributed by atoms with Gasteiger partial charge in [0, 0.05) is 23.7 Å². The molecule has 0 fully saturated rings. The van der Waals surface area contributed by atoms with Gasteiger partial charge in [0.1, 0.15) is 0 Å². The lowest BCUT2D eigenvalue weighted by molar-refractivity contribution is 0.645. The van der Waals surface area contributed by atoms with Crippen molar-refractivity contribution < 1.29 is 0 Å². The molecule has 0 bridgehead atoms. The number of rotatable bonds is 5. The van der Waals surface area contributed by atoms with Crippen molar-refractivity contribution in [3.8, 4) is 0 Å². The van der Waals surface area contributed by atoms with E-state index in [1.54, 1.807) is 24.0 Å². The average Bonchev–Trinajstić information content (AvgIpc) is 2.82. The van der Waals surface area contributed by atoms with Crippen LogP contribution in [-0.4, -0.2) is 21.3 Å². The van der Waals surface area contributed by atoms with E-state index in [0.29, 0.717) is 6.54 Å². The van der Waals surface area contributed by atoms with E-state index in [2.05, 4.69) is 22.3 Å². The molecule has 0 saturated carbocycles. The van der Waals surface area contributed by atoms with Gasteiger partial charge in [0.05, 0.1) is 23.9 Å². The smallest absolute Gasteiger partial charge is 0.269 e. The quantitative estimate of drug-likeness (QED) is 0.875. The van der Waals surface area contributed by atoms with Crippen LogP contribution in [0.5, 0.6) is 0 Å². The molecule has 0 aliphatic carbocycles. The minimum absolute atomic E-state index is 0.0977. The van der Waals surface area contributed by atoms with Crippen molar-refractivity contribution in [2.75, 3.05) is 11.9 Å². The normalized spacial score (nSPS) is 10.4. The fourth-order valence-corrected chi connectivity index (χ4v) is 1.96. The molecule has 2 aromatic heterocycles. The molecule has 6 heteroatoms. The summed E-state index contributed by atoms with van der Waals surface area (Å²) in [4.78, 5) is 16.8. The lowest BCUT2D eigenvalue weighted by Gasteiger charge is -2.06. The molecule has 90 valence electrons. The molecule has 0 amide bonds. The predicted molar refractivity (Wildman–Crippen MR) is 68.5 cm³/mol. The van der Waals surface area contributed by atoms with Crippen LogP contribution in [0, 0.1) is 0 Å². The van der Waals surface area contributed by atoms with Crippen molar-refractivity contribution in [2.45, 2.75) is 19.9 Å². The molecule has 17 heavy (non-hydrogen) atoms. The summed E-state index contributed by atoms with van der Waals surface area (Å²) in [7, 11) is 0. The van der Waals surface area contributed by atoms with E-state index < -0.39 is 0 Å². The van der Waals surface area contributed by atoms with E-state index >= 15 is 0 Å². The van der Waals surface area contributed by atoms with Gasteiger partial charge in [-0.1, -0.05) is 6.92 Å². The highest BCUT2D eigenvalue weighted by molar-refractivity contribution is 7.09. The highest BCUT2D eigenvalue weighted by Gasteiger charge is 2.02. The Morgan fingerprint density at radius 3 is 3.00 bits per heavy atom. The van der Waals surface area contributed by atoms with Gasteiger partial charge in [-0.05, 0) is 6.42 Å². The second kappa shape index (κ2) is 5.58. The SMILES string of the molecule is CCCNc1cnn(Cc2cncs2)c(=O)c1. The van der Waals surface area contributed by atoms with Crippen LogP contribution in [0.1, 0.15) is 18.2 Å². The summed E-state index contributed by atoms with van der Waals surface area (Å²) in [6.07, 6.45) is 4.45. The van der Waals surface area contributed by atoms with Crippen molar-refractivity contribution in [1.29, 1.82) is 0 Å². The van der Waals surface area contributed by atoms with Crippen molar-refractivity contribution in [3.63, 3.8) is 0 Å². The summed E-state index contributed by atoms with van der Waals surface area (Å²) < 4.78 is 1.44. The Morgan fingerprint density at radius 2 is 2.35 bits per heavy atom. The number of anilines is 1. The summed E-state index contributed by atoms with van der Waals surface area (Å²) in [5.74, 6) is 0. The molecule has 0 unspecified atom stereocenters. The maximum Gasteiger partial charge on any atom is 0.269 e. The van der Waals surface area contributed by atoms with Crippen LogP contribution in [0.4, 0.5) is 5.69 Å². The average molecular weight is 250 g/mol. The number of nitrogens with one attached hydrogen (secondary N) is 1. The van der Waals surface area contributed by atoms with Crippen LogP contribution >= 0.6 is 11.3 Å². The fraction of sp³-hybridized carbons (Fsp3) is 0.364. The van der Waals surface area contributed by atoms with Gasteiger partial charge in [-0.3, -0.25) is 9.78 Å². The van der Waals surface area contributed by atoms with Crippen LogP contribution in [0.3, 0.4) is 0 Å². The highest BCUT2D eigenvalue weighted by atomic mass is 32.1. The summed E-state index contributed by atoms with van der Waals surface area (Å²) in [5, 5.41) is 7.26. The topological polar surface area (TPSA) is 59.8 Å². The van der Waals surface area contributed by atoms with E-state index in [9.17, 15) is 4.79 Å². The van der Waals surface area contributed by atoms with Gasteiger partial charge < -0.3 is 5.32 Å². The number of hydrogen-bond acceptors (Lipinski definition) is 5. The molecule has 2 heterocycles. The molecule has 1 N–H and O–H groups in total. The highest BCUT2D eigenvalue weighted by Crippen LogP contribution is 2.06. The van der Waals surface area contributed by atoms with Gasteiger partial charge in [0.2, 0.25) is 0 Å². The maximum atomic E-state index is 11.8. The third-order valence-corrected chi connectivity index (χ3v) is 3.00. The Morgan fingerprint density at radius 1 is 1.47 bits per heavy atom. The number of aromatic nitrogens is 3. The zero-order chi connectivity index (χ0) is 12.1. The molecule has 0 spiro atoms. The molecule has 0 radical (unpaired) electrons. The lowest BCUT2D eigenvalue weighted by Crippen LogP contribution is -2.22. The summed E-state index contributed by atoms with van der Waals surface area (Å²) in [6.45, 7) is 3.41. The molecule has 2 rings (SSSR count). The zero-order valence-electron chi connectivity index (χ0n) is 9.59. The zero-order valence-corrected chi connectivity index (χ0v) is 10.4. The second-order valence-electron chi connectivity index (χ2n) is 3.63. The van der Waals surface area contributed by atoms with Crippen molar-refractivity contribution >= 4 is 17.0 Å². The number of nitrogens with zero attached hydrogens (tertiary/aromatic N) is 3. The van der Waals surface area contributed by atoms with Crippen molar-refractivity contribution in [2.24, 2.45) is 0 Å². The van der Waals surface area contributed by atoms with Gasteiger partial charge in [0.15, 0.2) is 0 Å². The molecule has 0 atom stereocenters. The van der Waals surface area contributed by atoms with Crippen molar-refractivity contribution in [3.05, 3.63) is 39.2 Å². The van der Waals surface area contributed by atoms with Gasteiger partial charge in [-0.2, -0.15) is 5.10 Å². The van der Waals surface area contributed by atoms with E-state index in [1.807, 2.05) is 0 Å². The van der Waals surface area contributed by atoms with Crippen LogP contribution in [0.25, 0.3) is 0 Å². The molecular weight excluding hydrogens is 236 g/mol. The molecule has 0 aliphatic rings. The number of hydrogen-bond donors (Lipinski definition) is 1. The van der Waals surface area contributed by atoms with E-state index in [4.69, 9.17) is 0 Å². The molecule has 0 saturated heterocycles. The van der Waals surface area contributed by atoms with Gasteiger partial charge >= 0.3 is 0 Å². The first-order chi connectivity index (χ1) is 8.29. The number of thiazole rings is 1. The van der Waals surface area contributed by atoms with Crippen LogP contribution < -0.4 is 10.9 Å². The van der Waals surface area contributed by atoms with Gasteiger partial charge in [-0.15, -0.1) is 11.3 Å². The van der Waals surface area contributed by atoms with E-state index in [1.165, 1.54) is 16.0 Å². The lowest BCUT2D eigenvalue weighted by atomic mass is 10.4. The van der Waals surface area contributed by atoms with Gasteiger partial charge in [0.25, 0.3) is 5.56 Å². The summed E-state index contributed by atoms with van der Waals surface area (Å²) in [5.41, 5.74) is 2.43. The monoisotopic (exact) mass is 250 g/mol. The molecule has 0 aliphatic heterocycles. The van der Waals surface area contributed by atoms with Crippen LogP contribution in [0.2, 0.25) is 0 Å². The largest absolute Gasteiger partial charge is 0.384 e. The predicted octanol–water partition coefficient (Wildman–Crippen LogP) is 1.57. The molecule has 0 aromatic carbocycles. The van der Waals surface area contributed by atoms with Crippen molar-refractivity contribution in [1.82, 2.24) is 14.8 Å². The van der Waals surface area contributed by atoms with E-state index in [-0.39, 0.29) is 5.56 Å². The Bertz CT molecular complexity index is 521. The first kappa shape index (κ1) is 11.8. The summed E-state index contributed by atoms with van der Waals surface area (Å²) >= 11 is 1.52. The standard InChI is InChI=1S/C11H14N4OS/c1-2-3-13-9-4-11(16)15(14-5-9)7-10-6-12-8-17-10/h4-6,8,13H,2-3,7H2,1H3. The van der Waals surface area contributed by atoms with E-state index in [0.717, 1.165) is 23.5 Å². The fourth-order valence-electron chi connectivity index (χ4n) is 1.39. The first-order valence-corrected chi connectivity index (χ1v) is 6.36. The first-order valence-electron chi connectivity index (χ1n) is 5.48. The Hall–Kier alpha value is -1.69. The third-order valence-electron chi connectivity index (χ3n) is 2.24.